The van der Waals surface area contributed by atoms with Crippen LogP contribution >= 0.6 is 23.2 Å². The molecule has 1 amide bonds. The van der Waals surface area contributed by atoms with Crippen molar-refractivity contribution in [1.29, 1.82) is 0 Å². The molecule has 15 heavy (non-hydrogen) atoms. The predicted octanol–water partition coefficient (Wildman–Crippen LogP) is 1.25. The maximum atomic E-state index is 11.3. The largest absolute Gasteiger partial charge is 0.394 e. The lowest BCUT2D eigenvalue weighted by Gasteiger charge is -2.10. The summed E-state index contributed by atoms with van der Waals surface area (Å²) in [6, 6.07) is 3.69. The first kappa shape index (κ1) is 12.3. The van der Waals surface area contributed by atoms with Crippen molar-refractivity contribution in [3.63, 3.8) is 0 Å². The van der Waals surface area contributed by atoms with Crippen molar-refractivity contribution < 1.29 is 9.90 Å². The number of aliphatic hydroxyl groups is 1. The molecule has 1 aromatic carbocycles. The second-order valence-corrected chi connectivity index (χ2v) is 3.75. The second kappa shape index (κ2) is 5.32. The Morgan fingerprint density at radius 2 is 2.20 bits per heavy atom. The Hall–Kier alpha value is -0.810. The lowest BCUT2D eigenvalue weighted by Crippen LogP contribution is -2.38. The van der Waals surface area contributed by atoms with Crippen LogP contribution in [0.1, 0.15) is 0 Å². The molecular weight excluding hydrogens is 239 g/mol. The van der Waals surface area contributed by atoms with Crippen LogP contribution in [-0.2, 0) is 4.79 Å². The molecule has 0 saturated heterocycles. The van der Waals surface area contributed by atoms with Crippen molar-refractivity contribution >= 4 is 34.8 Å². The SMILES string of the molecule is NC(CO)C(=O)Nc1ccc(Cl)cc1Cl. The molecule has 6 heteroatoms. The standard InChI is InChI=1S/C9H10Cl2N2O2/c10-5-1-2-8(6(11)3-5)13-9(15)7(12)4-14/h1-3,7,14H,4,12H2,(H,13,15). The normalized spacial score (nSPS) is 12.3. The number of nitrogens with two attached hydrogens (primary N) is 1. The van der Waals surface area contributed by atoms with Crippen LogP contribution in [0, 0.1) is 0 Å². The molecular formula is C9H10Cl2N2O2. The number of halogens is 2. The highest BCUT2D eigenvalue weighted by molar-refractivity contribution is 6.36. The summed E-state index contributed by atoms with van der Waals surface area (Å²) in [5.74, 6) is -0.498. The van der Waals surface area contributed by atoms with Gasteiger partial charge in [0.15, 0.2) is 0 Å². The van der Waals surface area contributed by atoms with Gasteiger partial charge < -0.3 is 16.2 Å². The smallest absolute Gasteiger partial charge is 0.243 e. The van der Waals surface area contributed by atoms with Gasteiger partial charge >= 0.3 is 0 Å². The average molecular weight is 249 g/mol. The van der Waals surface area contributed by atoms with Crippen molar-refractivity contribution in [3.05, 3.63) is 28.2 Å². The van der Waals surface area contributed by atoms with E-state index in [0.717, 1.165) is 0 Å². The maximum Gasteiger partial charge on any atom is 0.243 e. The van der Waals surface area contributed by atoms with E-state index < -0.39 is 18.6 Å². The Labute approximate surface area is 97.0 Å². The van der Waals surface area contributed by atoms with E-state index in [4.69, 9.17) is 34.0 Å². The Kier molecular flexibility index (Phi) is 4.35. The van der Waals surface area contributed by atoms with Crippen LogP contribution in [0.2, 0.25) is 10.0 Å². The van der Waals surface area contributed by atoms with E-state index in [-0.39, 0.29) is 0 Å². The van der Waals surface area contributed by atoms with Crippen LogP contribution in [-0.4, -0.2) is 23.7 Å². The monoisotopic (exact) mass is 248 g/mol. The van der Waals surface area contributed by atoms with Crippen LogP contribution < -0.4 is 11.1 Å². The van der Waals surface area contributed by atoms with Crippen LogP contribution in [0.4, 0.5) is 5.69 Å². The molecule has 0 radical (unpaired) electrons. The molecule has 0 fully saturated rings. The first-order valence-corrected chi connectivity index (χ1v) is 4.92. The molecule has 1 atom stereocenters. The number of nitrogens with one attached hydrogen (secondary N) is 1. The third-order valence-electron chi connectivity index (χ3n) is 1.72. The van der Waals surface area contributed by atoms with Crippen LogP contribution in [0.15, 0.2) is 18.2 Å². The number of rotatable bonds is 3. The van der Waals surface area contributed by atoms with Gasteiger partial charge in [0, 0.05) is 5.02 Å². The van der Waals surface area contributed by atoms with Gasteiger partial charge in [-0.05, 0) is 18.2 Å². The van der Waals surface area contributed by atoms with Gasteiger partial charge in [-0.3, -0.25) is 4.79 Å². The number of hydrogen-bond acceptors (Lipinski definition) is 3. The lowest BCUT2D eigenvalue weighted by molar-refractivity contribution is -0.118. The fourth-order valence-corrected chi connectivity index (χ4v) is 1.35. The van der Waals surface area contributed by atoms with E-state index in [9.17, 15) is 4.79 Å². The summed E-state index contributed by atoms with van der Waals surface area (Å²) in [6.45, 7) is -0.420. The molecule has 0 bridgehead atoms. The quantitative estimate of drug-likeness (QED) is 0.754. The second-order valence-electron chi connectivity index (χ2n) is 2.90. The summed E-state index contributed by atoms with van der Waals surface area (Å²) < 4.78 is 0. The molecule has 0 aliphatic carbocycles. The first-order valence-electron chi connectivity index (χ1n) is 4.17. The number of hydrogen-bond donors (Lipinski definition) is 3. The van der Waals surface area contributed by atoms with Crippen LogP contribution in [0.3, 0.4) is 0 Å². The van der Waals surface area contributed by atoms with Crippen molar-refractivity contribution in [2.75, 3.05) is 11.9 Å². The Morgan fingerprint density at radius 3 is 2.73 bits per heavy atom. The zero-order valence-corrected chi connectivity index (χ0v) is 9.22. The summed E-state index contributed by atoms with van der Waals surface area (Å²) in [6.07, 6.45) is 0. The highest BCUT2D eigenvalue weighted by atomic mass is 35.5. The molecule has 4 N–H and O–H groups in total. The summed E-state index contributed by atoms with van der Waals surface area (Å²) in [5, 5.41) is 11.9. The van der Waals surface area contributed by atoms with Crippen LogP contribution in [0.25, 0.3) is 0 Å². The molecule has 0 aliphatic rings. The highest BCUT2D eigenvalue weighted by Gasteiger charge is 2.13. The number of amides is 1. The molecule has 0 saturated carbocycles. The van der Waals surface area contributed by atoms with Gasteiger partial charge in [0.2, 0.25) is 5.91 Å². The van der Waals surface area contributed by atoms with E-state index in [1.807, 2.05) is 0 Å². The van der Waals surface area contributed by atoms with Crippen molar-refractivity contribution in [3.8, 4) is 0 Å². The van der Waals surface area contributed by atoms with E-state index in [1.165, 1.54) is 6.07 Å². The number of anilines is 1. The molecule has 0 spiro atoms. The summed E-state index contributed by atoms with van der Waals surface area (Å²) in [4.78, 5) is 11.3. The predicted molar refractivity (Wildman–Crippen MR) is 60.2 cm³/mol. The summed E-state index contributed by atoms with van der Waals surface area (Å²) in [5.41, 5.74) is 5.73. The van der Waals surface area contributed by atoms with E-state index in [2.05, 4.69) is 5.32 Å². The van der Waals surface area contributed by atoms with Gasteiger partial charge in [-0.1, -0.05) is 23.2 Å². The zero-order valence-electron chi connectivity index (χ0n) is 7.71. The van der Waals surface area contributed by atoms with Crippen molar-refractivity contribution in [1.82, 2.24) is 0 Å². The van der Waals surface area contributed by atoms with E-state index in [1.54, 1.807) is 12.1 Å². The fraction of sp³-hybridized carbons (Fsp3) is 0.222. The van der Waals surface area contributed by atoms with Gasteiger partial charge in [0.1, 0.15) is 6.04 Å². The van der Waals surface area contributed by atoms with Crippen molar-refractivity contribution in [2.24, 2.45) is 5.73 Å². The third-order valence-corrected chi connectivity index (χ3v) is 2.27. The van der Waals surface area contributed by atoms with Crippen molar-refractivity contribution in [2.45, 2.75) is 6.04 Å². The van der Waals surface area contributed by atoms with Crippen LogP contribution in [0.5, 0.6) is 0 Å². The van der Waals surface area contributed by atoms with Gasteiger partial charge in [0.25, 0.3) is 0 Å². The molecule has 1 rings (SSSR count). The first-order chi connectivity index (χ1) is 7.04. The maximum absolute atomic E-state index is 11.3. The Morgan fingerprint density at radius 1 is 1.53 bits per heavy atom. The van der Waals surface area contributed by atoms with E-state index in [0.29, 0.717) is 15.7 Å². The molecule has 0 aliphatic heterocycles. The molecule has 1 aromatic rings. The Bertz CT molecular complexity index is 371. The summed E-state index contributed by atoms with van der Waals surface area (Å²) in [7, 11) is 0. The average Bonchev–Trinajstić information content (AvgIpc) is 2.20. The zero-order chi connectivity index (χ0) is 11.4. The Balaban J connectivity index is 2.77. The van der Waals surface area contributed by atoms with Gasteiger partial charge in [-0.15, -0.1) is 0 Å². The number of benzene rings is 1. The molecule has 0 aromatic heterocycles. The van der Waals surface area contributed by atoms with Gasteiger partial charge in [-0.25, -0.2) is 0 Å². The lowest BCUT2D eigenvalue weighted by atomic mass is 10.2. The van der Waals surface area contributed by atoms with Gasteiger partial charge in [-0.2, -0.15) is 0 Å². The number of carbonyl (C=O) groups is 1. The number of carbonyl (C=O) groups excluding carboxylic acids is 1. The molecule has 0 heterocycles. The molecule has 1 unspecified atom stereocenters. The minimum Gasteiger partial charge on any atom is -0.394 e. The summed E-state index contributed by atoms with van der Waals surface area (Å²) >= 11 is 11.5. The third kappa shape index (κ3) is 3.35. The molecule has 4 nitrogen and oxygen atoms in total. The minimum absolute atomic E-state index is 0.320. The molecule has 82 valence electrons. The van der Waals surface area contributed by atoms with Gasteiger partial charge in [0.05, 0.1) is 17.3 Å². The minimum atomic E-state index is -0.961. The highest BCUT2D eigenvalue weighted by Crippen LogP contribution is 2.25. The number of aliphatic hydroxyl groups excluding tert-OH is 1. The van der Waals surface area contributed by atoms with E-state index >= 15 is 0 Å². The topological polar surface area (TPSA) is 75.3 Å². The fourth-order valence-electron chi connectivity index (χ4n) is 0.899.